The molecule has 0 radical (unpaired) electrons. The fraction of sp³-hybridized carbons (Fsp3) is 0.588. The molecule has 1 aliphatic rings. The van der Waals surface area contributed by atoms with Crippen LogP contribution in [0.15, 0.2) is 18.2 Å². The predicted molar refractivity (Wildman–Crippen MR) is 81.4 cm³/mol. The molecular formula is C17H25NO2. The Morgan fingerprint density at radius 1 is 1.20 bits per heavy atom. The average Bonchev–Trinajstić information content (AvgIpc) is 2.64. The van der Waals surface area contributed by atoms with Gasteiger partial charge in [0.1, 0.15) is 5.75 Å². The van der Waals surface area contributed by atoms with E-state index in [0.717, 1.165) is 49.3 Å². The third-order valence-corrected chi connectivity index (χ3v) is 3.75. The van der Waals surface area contributed by atoms with Crippen molar-refractivity contribution in [3.8, 4) is 5.75 Å². The highest BCUT2D eigenvalue weighted by atomic mass is 16.5. The molecule has 1 amide bonds. The van der Waals surface area contributed by atoms with E-state index in [1.165, 1.54) is 25.7 Å². The SMILES string of the molecule is CCCCCCCOc1ccc2c(c1)CCCNC2=O. The molecule has 0 atom stereocenters. The van der Waals surface area contributed by atoms with E-state index in [-0.39, 0.29) is 5.91 Å². The molecule has 3 heteroatoms. The second kappa shape index (κ2) is 7.93. The van der Waals surface area contributed by atoms with Gasteiger partial charge in [-0.25, -0.2) is 0 Å². The summed E-state index contributed by atoms with van der Waals surface area (Å²) < 4.78 is 5.80. The van der Waals surface area contributed by atoms with Crippen LogP contribution in [0, 0.1) is 0 Å². The zero-order valence-corrected chi connectivity index (χ0v) is 12.4. The second-order valence-corrected chi connectivity index (χ2v) is 5.44. The van der Waals surface area contributed by atoms with Crippen LogP contribution in [0.1, 0.15) is 61.4 Å². The lowest BCUT2D eigenvalue weighted by molar-refractivity contribution is 0.0956. The average molecular weight is 275 g/mol. The van der Waals surface area contributed by atoms with Crippen LogP contribution in [-0.2, 0) is 6.42 Å². The van der Waals surface area contributed by atoms with Crippen LogP contribution >= 0.6 is 0 Å². The fourth-order valence-electron chi connectivity index (χ4n) is 2.56. The summed E-state index contributed by atoms with van der Waals surface area (Å²) in [5.74, 6) is 0.942. The van der Waals surface area contributed by atoms with Gasteiger partial charge in [0.25, 0.3) is 5.91 Å². The van der Waals surface area contributed by atoms with Crippen LogP contribution < -0.4 is 10.1 Å². The van der Waals surface area contributed by atoms with Gasteiger partial charge < -0.3 is 10.1 Å². The van der Waals surface area contributed by atoms with Gasteiger partial charge in [0, 0.05) is 12.1 Å². The molecule has 0 saturated heterocycles. The van der Waals surface area contributed by atoms with Crippen LogP contribution in [0.2, 0.25) is 0 Å². The van der Waals surface area contributed by atoms with Crippen LogP contribution in [-0.4, -0.2) is 19.1 Å². The Labute approximate surface area is 121 Å². The minimum absolute atomic E-state index is 0.0450. The number of unbranched alkanes of at least 4 members (excludes halogenated alkanes) is 4. The van der Waals surface area contributed by atoms with Gasteiger partial charge in [0.05, 0.1) is 6.61 Å². The highest BCUT2D eigenvalue weighted by Gasteiger charge is 2.15. The first-order valence-electron chi connectivity index (χ1n) is 7.85. The molecule has 1 aromatic carbocycles. The van der Waals surface area contributed by atoms with E-state index in [2.05, 4.69) is 12.2 Å². The number of carbonyl (C=O) groups excluding carboxylic acids is 1. The summed E-state index contributed by atoms with van der Waals surface area (Å²) in [5.41, 5.74) is 1.92. The Morgan fingerprint density at radius 2 is 2.05 bits per heavy atom. The van der Waals surface area contributed by atoms with Crippen LogP contribution in [0.4, 0.5) is 0 Å². The Kier molecular flexibility index (Phi) is 5.90. The molecule has 0 saturated carbocycles. The number of amides is 1. The number of rotatable bonds is 7. The van der Waals surface area contributed by atoms with Gasteiger partial charge in [-0.15, -0.1) is 0 Å². The van der Waals surface area contributed by atoms with E-state index in [0.29, 0.717) is 0 Å². The maximum Gasteiger partial charge on any atom is 0.251 e. The van der Waals surface area contributed by atoms with Crippen molar-refractivity contribution >= 4 is 5.91 Å². The topological polar surface area (TPSA) is 38.3 Å². The van der Waals surface area contributed by atoms with E-state index >= 15 is 0 Å². The van der Waals surface area contributed by atoms with Crippen molar-refractivity contribution in [2.75, 3.05) is 13.2 Å². The number of hydrogen-bond donors (Lipinski definition) is 1. The lowest BCUT2D eigenvalue weighted by Crippen LogP contribution is -2.22. The van der Waals surface area contributed by atoms with E-state index in [1.54, 1.807) is 0 Å². The molecule has 20 heavy (non-hydrogen) atoms. The minimum Gasteiger partial charge on any atom is -0.494 e. The van der Waals surface area contributed by atoms with Gasteiger partial charge >= 0.3 is 0 Å². The monoisotopic (exact) mass is 275 g/mol. The predicted octanol–water partition coefficient (Wildman–Crippen LogP) is 3.71. The van der Waals surface area contributed by atoms with Crippen molar-refractivity contribution in [3.63, 3.8) is 0 Å². The molecular weight excluding hydrogens is 250 g/mol. The van der Waals surface area contributed by atoms with E-state index in [4.69, 9.17) is 4.74 Å². The normalized spacial score (nSPS) is 14.3. The first-order chi connectivity index (χ1) is 9.81. The van der Waals surface area contributed by atoms with Crippen molar-refractivity contribution in [2.24, 2.45) is 0 Å². The number of hydrogen-bond acceptors (Lipinski definition) is 2. The van der Waals surface area contributed by atoms with Crippen LogP contribution in [0.3, 0.4) is 0 Å². The lowest BCUT2D eigenvalue weighted by atomic mass is 10.0. The minimum atomic E-state index is 0.0450. The first-order valence-corrected chi connectivity index (χ1v) is 7.85. The van der Waals surface area contributed by atoms with Gasteiger partial charge in [-0.2, -0.15) is 0 Å². The number of carbonyl (C=O) groups is 1. The van der Waals surface area contributed by atoms with Crippen molar-refractivity contribution in [2.45, 2.75) is 51.9 Å². The van der Waals surface area contributed by atoms with E-state index in [9.17, 15) is 4.79 Å². The summed E-state index contributed by atoms with van der Waals surface area (Å²) in [6, 6.07) is 5.84. The largest absolute Gasteiger partial charge is 0.494 e. The highest BCUT2D eigenvalue weighted by Crippen LogP contribution is 2.21. The van der Waals surface area contributed by atoms with Gasteiger partial charge in [-0.05, 0) is 43.0 Å². The smallest absolute Gasteiger partial charge is 0.251 e. The molecule has 1 aromatic rings. The zero-order valence-electron chi connectivity index (χ0n) is 12.4. The molecule has 0 bridgehead atoms. The third-order valence-electron chi connectivity index (χ3n) is 3.75. The molecule has 0 aliphatic carbocycles. The molecule has 110 valence electrons. The number of fused-ring (bicyclic) bond motifs is 1. The van der Waals surface area contributed by atoms with Crippen molar-refractivity contribution in [1.29, 1.82) is 0 Å². The maximum atomic E-state index is 11.8. The molecule has 0 spiro atoms. The summed E-state index contributed by atoms with van der Waals surface area (Å²) in [5, 5.41) is 2.91. The molecule has 3 nitrogen and oxygen atoms in total. The Balaban J connectivity index is 1.84. The van der Waals surface area contributed by atoms with Gasteiger partial charge in [-0.1, -0.05) is 32.6 Å². The van der Waals surface area contributed by atoms with E-state index in [1.807, 2.05) is 18.2 Å². The van der Waals surface area contributed by atoms with Crippen LogP contribution in [0.5, 0.6) is 5.75 Å². The zero-order chi connectivity index (χ0) is 14.2. The number of ether oxygens (including phenoxy) is 1. The molecule has 2 rings (SSSR count). The summed E-state index contributed by atoms with van der Waals surface area (Å²) in [6.07, 6.45) is 8.17. The summed E-state index contributed by atoms with van der Waals surface area (Å²) in [4.78, 5) is 11.8. The third kappa shape index (κ3) is 4.26. The molecule has 1 aliphatic heterocycles. The quantitative estimate of drug-likeness (QED) is 0.770. The molecule has 1 heterocycles. The van der Waals surface area contributed by atoms with Crippen molar-refractivity contribution < 1.29 is 9.53 Å². The van der Waals surface area contributed by atoms with Gasteiger partial charge in [0.2, 0.25) is 0 Å². The molecule has 0 fully saturated rings. The molecule has 0 unspecified atom stereocenters. The van der Waals surface area contributed by atoms with Gasteiger partial charge in [0.15, 0.2) is 0 Å². The van der Waals surface area contributed by atoms with Crippen molar-refractivity contribution in [3.05, 3.63) is 29.3 Å². The van der Waals surface area contributed by atoms with Crippen LogP contribution in [0.25, 0.3) is 0 Å². The number of benzene rings is 1. The first kappa shape index (κ1) is 14.9. The van der Waals surface area contributed by atoms with Gasteiger partial charge in [-0.3, -0.25) is 4.79 Å². The van der Waals surface area contributed by atoms with E-state index < -0.39 is 0 Å². The maximum absolute atomic E-state index is 11.8. The second-order valence-electron chi connectivity index (χ2n) is 5.44. The van der Waals surface area contributed by atoms with Crippen molar-refractivity contribution in [1.82, 2.24) is 5.32 Å². The standard InChI is InChI=1S/C17H25NO2/c1-2-3-4-5-6-12-20-15-9-10-16-14(13-15)8-7-11-18-17(16)19/h9-10,13H,2-8,11-12H2,1H3,(H,18,19). The number of aryl methyl sites for hydroxylation is 1. The highest BCUT2D eigenvalue weighted by molar-refractivity contribution is 5.96. The number of nitrogens with one attached hydrogen (secondary N) is 1. The molecule has 1 N–H and O–H groups in total. The Morgan fingerprint density at radius 3 is 2.90 bits per heavy atom. The fourth-order valence-corrected chi connectivity index (χ4v) is 2.56. The Hall–Kier alpha value is -1.51. The lowest BCUT2D eigenvalue weighted by Gasteiger charge is -2.10. The summed E-state index contributed by atoms with van der Waals surface area (Å²) in [7, 11) is 0. The summed E-state index contributed by atoms with van der Waals surface area (Å²) in [6.45, 7) is 3.76. The molecule has 0 aromatic heterocycles. The summed E-state index contributed by atoms with van der Waals surface area (Å²) >= 11 is 0. The Bertz CT molecular complexity index is 443.